The molecule has 8 nitrogen and oxygen atoms in total. The smallest absolute Gasteiger partial charge is 0.294 e. The normalized spacial score (nSPS) is 18.5. The molecule has 2 heterocycles. The molecular formula is C24H27ClN4O4. The van der Waals surface area contributed by atoms with Gasteiger partial charge in [0.25, 0.3) is 5.91 Å². The number of aliphatic hydroxyl groups is 1. The lowest BCUT2D eigenvalue weighted by molar-refractivity contribution is -0.121. The molecule has 1 aromatic carbocycles. The van der Waals surface area contributed by atoms with Gasteiger partial charge in [-0.1, -0.05) is 17.7 Å². The zero-order valence-corrected chi connectivity index (χ0v) is 19.4. The first-order valence-electron chi connectivity index (χ1n) is 10.9. The number of benzene rings is 1. The average molecular weight is 471 g/mol. The summed E-state index contributed by atoms with van der Waals surface area (Å²) in [6.45, 7) is -0.167. The molecule has 0 unspecified atom stereocenters. The maximum Gasteiger partial charge on any atom is 0.294 e. The Morgan fingerprint density at radius 1 is 1.15 bits per heavy atom. The molecule has 2 aromatic heterocycles. The fourth-order valence-electron chi connectivity index (χ4n) is 4.23. The van der Waals surface area contributed by atoms with E-state index in [-0.39, 0.29) is 24.2 Å². The van der Waals surface area contributed by atoms with Crippen molar-refractivity contribution >= 4 is 45.9 Å². The van der Waals surface area contributed by atoms with Gasteiger partial charge in [0.15, 0.2) is 0 Å². The van der Waals surface area contributed by atoms with Gasteiger partial charge in [-0.25, -0.2) is 4.98 Å². The third-order valence-electron chi connectivity index (χ3n) is 6.16. The van der Waals surface area contributed by atoms with Crippen molar-refractivity contribution in [1.29, 1.82) is 0 Å². The molecule has 0 atom stereocenters. The summed E-state index contributed by atoms with van der Waals surface area (Å²) in [5.74, 6) is -0.533. The highest BCUT2D eigenvalue weighted by Crippen LogP contribution is 2.34. The average Bonchev–Trinajstić information content (AvgIpc) is 3.18. The monoisotopic (exact) mass is 470 g/mol. The minimum atomic E-state index is -0.543. The van der Waals surface area contributed by atoms with Crippen LogP contribution in [0.15, 0.2) is 40.9 Å². The van der Waals surface area contributed by atoms with Gasteiger partial charge < -0.3 is 25.1 Å². The molecule has 0 spiro atoms. The van der Waals surface area contributed by atoms with Gasteiger partial charge in [0.05, 0.1) is 11.6 Å². The van der Waals surface area contributed by atoms with Crippen LogP contribution < -0.4 is 10.6 Å². The van der Waals surface area contributed by atoms with Crippen LogP contribution in [0, 0.1) is 5.92 Å². The van der Waals surface area contributed by atoms with Gasteiger partial charge in [-0.2, -0.15) is 0 Å². The maximum absolute atomic E-state index is 13.1. The Morgan fingerprint density at radius 2 is 1.91 bits per heavy atom. The number of carbonyl (C=O) groups is 2. The Balaban J connectivity index is 1.61. The summed E-state index contributed by atoms with van der Waals surface area (Å²) >= 11 is 5.87. The number of fused-ring (bicyclic) bond motifs is 1. The van der Waals surface area contributed by atoms with Gasteiger partial charge in [0.1, 0.15) is 17.1 Å². The molecule has 0 saturated heterocycles. The molecule has 3 aromatic rings. The van der Waals surface area contributed by atoms with Crippen molar-refractivity contribution in [2.24, 2.45) is 5.92 Å². The van der Waals surface area contributed by atoms with Crippen LogP contribution in [0.3, 0.4) is 0 Å². The number of nitrogens with one attached hydrogen (secondary N) is 2. The van der Waals surface area contributed by atoms with Crippen LogP contribution >= 0.6 is 11.6 Å². The lowest BCUT2D eigenvalue weighted by Gasteiger charge is -2.31. The van der Waals surface area contributed by atoms with E-state index in [0.29, 0.717) is 39.1 Å². The number of anilines is 2. The highest BCUT2D eigenvalue weighted by Gasteiger charge is 2.30. The van der Waals surface area contributed by atoms with E-state index in [0.717, 1.165) is 25.7 Å². The zero-order chi connectivity index (χ0) is 23.5. The second-order valence-electron chi connectivity index (χ2n) is 8.57. The number of amides is 2. The van der Waals surface area contributed by atoms with E-state index in [1.54, 1.807) is 30.3 Å². The highest BCUT2D eigenvalue weighted by atomic mass is 35.5. The van der Waals surface area contributed by atoms with Gasteiger partial charge in [-0.3, -0.25) is 9.59 Å². The molecule has 33 heavy (non-hydrogen) atoms. The first-order valence-corrected chi connectivity index (χ1v) is 11.3. The Bertz CT molecular complexity index is 1150. The minimum Gasteiger partial charge on any atom is -0.449 e. The van der Waals surface area contributed by atoms with Crippen molar-refractivity contribution in [3.63, 3.8) is 0 Å². The molecule has 0 bridgehead atoms. The second-order valence-corrected chi connectivity index (χ2v) is 9.01. The lowest BCUT2D eigenvalue weighted by atomic mass is 9.85. The number of furan rings is 1. The molecule has 4 rings (SSSR count). The van der Waals surface area contributed by atoms with E-state index < -0.39 is 5.91 Å². The van der Waals surface area contributed by atoms with Crippen molar-refractivity contribution in [2.75, 3.05) is 24.7 Å². The van der Waals surface area contributed by atoms with Crippen molar-refractivity contribution in [3.05, 3.63) is 52.9 Å². The van der Waals surface area contributed by atoms with E-state index >= 15 is 0 Å². The van der Waals surface area contributed by atoms with Crippen molar-refractivity contribution < 1.29 is 19.1 Å². The predicted octanol–water partition coefficient (Wildman–Crippen LogP) is 4.28. The number of pyridine rings is 1. The van der Waals surface area contributed by atoms with E-state index in [1.165, 1.54) is 6.20 Å². The summed E-state index contributed by atoms with van der Waals surface area (Å²) in [6, 6.07) is 8.77. The minimum absolute atomic E-state index is 0.0211. The van der Waals surface area contributed by atoms with Gasteiger partial charge in [0.2, 0.25) is 11.7 Å². The number of aromatic nitrogens is 1. The topological polar surface area (TPSA) is 108 Å². The first-order chi connectivity index (χ1) is 15.9. The number of aliphatic hydroxyl groups excluding tert-OH is 1. The van der Waals surface area contributed by atoms with E-state index in [9.17, 15) is 14.7 Å². The molecular weight excluding hydrogens is 444 g/mol. The molecule has 174 valence electrons. The first kappa shape index (κ1) is 23.2. The van der Waals surface area contributed by atoms with Crippen LogP contribution in [0.4, 0.5) is 11.5 Å². The van der Waals surface area contributed by atoms with Gasteiger partial charge in [-0.05, 0) is 69.6 Å². The van der Waals surface area contributed by atoms with Gasteiger partial charge >= 0.3 is 0 Å². The molecule has 1 aliphatic rings. The van der Waals surface area contributed by atoms with Crippen LogP contribution in [-0.2, 0) is 11.4 Å². The van der Waals surface area contributed by atoms with Crippen LogP contribution in [0.5, 0.6) is 0 Å². The number of hydrogen-bond donors (Lipinski definition) is 3. The summed E-state index contributed by atoms with van der Waals surface area (Å²) < 4.78 is 5.82. The quantitative estimate of drug-likeness (QED) is 0.496. The fraction of sp³-hybridized carbons (Fsp3) is 0.375. The largest absolute Gasteiger partial charge is 0.449 e. The summed E-state index contributed by atoms with van der Waals surface area (Å²) in [6.07, 6.45) is 4.88. The summed E-state index contributed by atoms with van der Waals surface area (Å²) in [5, 5.41) is 16.2. The Hall–Kier alpha value is -2.94. The maximum atomic E-state index is 13.1. The number of nitrogens with zero attached hydrogens (tertiary/aromatic N) is 2. The summed E-state index contributed by atoms with van der Waals surface area (Å²) in [5.41, 5.74) is 1.39. The number of carbonyl (C=O) groups excluding carboxylic acids is 2. The molecule has 9 heteroatoms. The number of rotatable bonds is 6. The Kier molecular flexibility index (Phi) is 6.97. The zero-order valence-electron chi connectivity index (χ0n) is 18.6. The molecule has 3 N–H and O–H groups in total. The third-order valence-corrected chi connectivity index (χ3v) is 6.38. The van der Waals surface area contributed by atoms with Crippen molar-refractivity contribution in [3.8, 4) is 0 Å². The molecule has 0 radical (unpaired) electrons. The molecule has 2 amide bonds. The molecule has 1 aliphatic carbocycles. The third kappa shape index (κ3) is 5.19. The predicted molar refractivity (Wildman–Crippen MR) is 127 cm³/mol. The van der Waals surface area contributed by atoms with E-state index in [1.807, 2.05) is 0 Å². The molecule has 1 fully saturated rings. The fourth-order valence-corrected chi connectivity index (χ4v) is 4.34. The number of halogens is 1. The summed E-state index contributed by atoms with van der Waals surface area (Å²) in [4.78, 5) is 32.4. The van der Waals surface area contributed by atoms with Gasteiger partial charge in [0, 0.05) is 23.5 Å². The van der Waals surface area contributed by atoms with Crippen LogP contribution in [0.1, 0.15) is 41.8 Å². The van der Waals surface area contributed by atoms with E-state index in [2.05, 4.69) is 34.6 Å². The van der Waals surface area contributed by atoms with E-state index in [4.69, 9.17) is 16.0 Å². The Labute approximate surface area is 196 Å². The van der Waals surface area contributed by atoms with Crippen LogP contribution in [0.25, 0.3) is 11.0 Å². The number of hydrogen-bond acceptors (Lipinski definition) is 6. The highest BCUT2D eigenvalue weighted by molar-refractivity contribution is 6.30. The molecule has 1 saturated carbocycles. The van der Waals surface area contributed by atoms with Crippen molar-refractivity contribution in [2.45, 2.75) is 38.3 Å². The van der Waals surface area contributed by atoms with Crippen LogP contribution in [0.2, 0.25) is 5.02 Å². The van der Waals surface area contributed by atoms with Gasteiger partial charge in [-0.15, -0.1) is 0 Å². The Morgan fingerprint density at radius 3 is 2.55 bits per heavy atom. The second kappa shape index (κ2) is 9.91. The summed E-state index contributed by atoms with van der Waals surface area (Å²) in [7, 11) is 4.11. The van der Waals surface area contributed by atoms with Crippen LogP contribution in [-0.4, -0.2) is 46.9 Å². The van der Waals surface area contributed by atoms with Crippen molar-refractivity contribution in [1.82, 2.24) is 9.88 Å². The molecule has 0 aliphatic heterocycles. The SMILES string of the molecule is CN(C)C1CCC(C(=O)Nc2c(C(=O)Nc3ccc(Cl)cn3)oc3ccc(CO)cc23)CC1. The lowest BCUT2D eigenvalue weighted by Crippen LogP contribution is -2.35. The standard InChI is InChI=1S/C24H27ClN4O4/c1-29(2)17-7-4-15(5-8-17)23(31)28-21-18-11-14(13-30)3-9-19(18)33-22(21)24(32)27-20-10-6-16(25)12-26-20/h3,6,9-12,15,17,30H,4-5,7-8,13H2,1-2H3,(H,28,31)(H,26,27,32).